The quantitative estimate of drug-likeness (QED) is 0.337. The molecule has 1 heterocycles. The lowest BCUT2D eigenvalue weighted by Gasteiger charge is -2.25. The first-order chi connectivity index (χ1) is 10.5. The Morgan fingerprint density at radius 1 is 1.32 bits per heavy atom. The minimum absolute atomic E-state index is 0.229. The molecule has 1 saturated carbocycles. The third-order valence-corrected chi connectivity index (χ3v) is 4.32. The average Bonchev–Trinajstić information content (AvgIpc) is 3.00. The molecule has 1 saturated heterocycles. The highest BCUT2D eigenvalue weighted by Crippen LogP contribution is 2.48. The summed E-state index contributed by atoms with van der Waals surface area (Å²) in [6, 6.07) is 0. The van der Waals surface area contributed by atoms with Crippen molar-refractivity contribution in [1.82, 2.24) is 0 Å². The van der Waals surface area contributed by atoms with E-state index in [0.717, 1.165) is 19.3 Å². The van der Waals surface area contributed by atoms with E-state index in [1.54, 1.807) is 6.92 Å². The van der Waals surface area contributed by atoms with Crippen molar-refractivity contribution in [2.75, 3.05) is 19.8 Å². The van der Waals surface area contributed by atoms with E-state index in [2.05, 4.69) is 11.8 Å². The fourth-order valence-electron chi connectivity index (χ4n) is 3.17. The second kappa shape index (κ2) is 7.26. The van der Waals surface area contributed by atoms with Crippen LogP contribution in [0.4, 0.5) is 0 Å². The minimum atomic E-state index is -0.657. The molecule has 2 fully saturated rings. The van der Waals surface area contributed by atoms with Gasteiger partial charge in [0.05, 0.1) is 26.2 Å². The van der Waals surface area contributed by atoms with Gasteiger partial charge >= 0.3 is 5.97 Å². The Bertz CT molecular complexity index is 481. The molecule has 0 aromatic heterocycles. The predicted molar refractivity (Wildman–Crippen MR) is 79.9 cm³/mol. The second-order valence-electron chi connectivity index (χ2n) is 6.17. The van der Waals surface area contributed by atoms with Crippen molar-refractivity contribution in [3.8, 4) is 11.8 Å². The van der Waals surface area contributed by atoms with E-state index in [1.807, 2.05) is 6.92 Å². The first kappa shape index (κ1) is 17.0. The van der Waals surface area contributed by atoms with Crippen molar-refractivity contribution in [3.63, 3.8) is 0 Å². The number of Topliss-reactive ketones (excluding diaryl/α,β-unsaturated/α-hetero) is 1. The molecule has 0 aromatic carbocycles. The van der Waals surface area contributed by atoms with Gasteiger partial charge in [-0.15, -0.1) is 0 Å². The number of carbonyl (C=O) groups excluding carboxylic acids is 2. The van der Waals surface area contributed by atoms with Gasteiger partial charge in [0.15, 0.2) is 5.79 Å². The van der Waals surface area contributed by atoms with Gasteiger partial charge < -0.3 is 14.2 Å². The van der Waals surface area contributed by atoms with E-state index >= 15 is 0 Å². The number of unbranched alkanes of at least 4 members (excludes halogenated alkanes) is 2. The first-order valence-corrected chi connectivity index (χ1v) is 7.97. The lowest BCUT2D eigenvalue weighted by Crippen LogP contribution is -2.28. The highest BCUT2D eigenvalue weighted by atomic mass is 16.7. The average molecular weight is 308 g/mol. The zero-order valence-electron chi connectivity index (χ0n) is 13.4. The van der Waals surface area contributed by atoms with Gasteiger partial charge in [-0.05, 0) is 19.8 Å². The Balaban J connectivity index is 1.72. The molecule has 0 bridgehead atoms. The fraction of sp³-hybridized carbons (Fsp3) is 0.765. The molecule has 0 aromatic rings. The van der Waals surface area contributed by atoms with Crippen LogP contribution in [0, 0.1) is 17.3 Å². The van der Waals surface area contributed by atoms with Gasteiger partial charge in [-0.2, -0.15) is 0 Å². The van der Waals surface area contributed by atoms with Crippen LogP contribution < -0.4 is 0 Å². The molecule has 122 valence electrons. The van der Waals surface area contributed by atoms with Crippen LogP contribution >= 0.6 is 0 Å². The van der Waals surface area contributed by atoms with E-state index in [-0.39, 0.29) is 11.2 Å². The van der Waals surface area contributed by atoms with Crippen LogP contribution in [-0.4, -0.2) is 37.4 Å². The Morgan fingerprint density at radius 2 is 2.05 bits per heavy atom. The standard InChI is InChI=1S/C17H24O5/c1-3-20-15(19)8-6-4-5-7-9-16(2)13-17(12-14(16)18)21-10-11-22-17/h3-5,7,9-13H2,1-2H3. The topological polar surface area (TPSA) is 61.8 Å². The van der Waals surface area contributed by atoms with E-state index in [1.165, 1.54) is 0 Å². The summed E-state index contributed by atoms with van der Waals surface area (Å²) < 4.78 is 16.0. The number of hydrogen-bond donors (Lipinski definition) is 0. The van der Waals surface area contributed by atoms with Gasteiger partial charge in [-0.25, -0.2) is 4.79 Å². The van der Waals surface area contributed by atoms with E-state index in [0.29, 0.717) is 39.1 Å². The zero-order valence-corrected chi connectivity index (χ0v) is 13.4. The highest BCUT2D eigenvalue weighted by Gasteiger charge is 2.54. The summed E-state index contributed by atoms with van der Waals surface area (Å²) in [5.74, 6) is 4.36. The van der Waals surface area contributed by atoms with Crippen LogP contribution in [0.25, 0.3) is 0 Å². The van der Waals surface area contributed by atoms with Crippen LogP contribution in [0.15, 0.2) is 0 Å². The first-order valence-electron chi connectivity index (χ1n) is 7.97. The molecule has 5 heteroatoms. The summed E-state index contributed by atoms with van der Waals surface area (Å²) in [7, 11) is 0. The molecule has 2 rings (SSSR count). The summed E-state index contributed by atoms with van der Waals surface area (Å²) in [6.45, 7) is 5.25. The monoisotopic (exact) mass is 308 g/mol. The summed E-state index contributed by atoms with van der Waals surface area (Å²) in [5, 5.41) is 0. The maximum absolute atomic E-state index is 12.3. The van der Waals surface area contributed by atoms with Gasteiger partial charge in [-0.1, -0.05) is 19.3 Å². The number of ether oxygens (including phenoxy) is 3. The van der Waals surface area contributed by atoms with Crippen LogP contribution in [0.5, 0.6) is 0 Å². The highest BCUT2D eigenvalue weighted by molar-refractivity contribution is 5.88. The molecule has 1 aliphatic carbocycles. The molecular weight excluding hydrogens is 284 g/mol. The van der Waals surface area contributed by atoms with Crippen LogP contribution in [-0.2, 0) is 23.8 Å². The lowest BCUT2D eigenvalue weighted by atomic mass is 9.82. The van der Waals surface area contributed by atoms with Crippen molar-refractivity contribution >= 4 is 11.8 Å². The molecule has 0 radical (unpaired) electrons. The van der Waals surface area contributed by atoms with Crippen molar-refractivity contribution in [3.05, 3.63) is 0 Å². The SMILES string of the molecule is CCOC(=O)C#CCCCCC1(C)CC2(CC1=O)OCCO2. The van der Waals surface area contributed by atoms with Crippen molar-refractivity contribution in [2.45, 2.75) is 58.2 Å². The van der Waals surface area contributed by atoms with E-state index in [4.69, 9.17) is 14.2 Å². The van der Waals surface area contributed by atoms with Gasteiger partial charge in [0.2, 0.25) is 0 Å². The summed E-state index contributed by atoms with van der Waals surface area (Å²) >= 11 is 0. The van der Waals surface area contributed by atoms with Crippen molar-refractivity contribution < 1.29 is 23.8 Å². The number of esters is 1. The van der Waals surface area contributed by atoms with Crippen LogP contribution in [0.2, 0.25) is 0 Å². The molecule has 1 spiro atoms. The normalized spacial score (nSPS) is 26.0. The van der Waals surface area contributed by atoms with Gasteiger partial charge in [-0.3, -0.25) is 4.79 Å². The number of ketones is 1. The molecule has 1 aliphatic heterocycles. The second-order valence-corrected chi connectivity index (χ2v) is 6.17. The van der Waals surface area contributed by atoms with Crippen LogP contribution in [0.3, 0.4) is 0 Å². The zero-order chi connectivity index (χ0) is 16.1. The number of carbonyl (C=O) groups is 2. The van der Waals surface area contributed by atoms with Gasteiger partial charge in [0, 0.05) is 24.2 Å². The lowest BCUT2D eigenvalue weighted by molar-refractivity contribution is -0.157. The number of hydrogen-bond acceptors (Lipinski definition) is 5. The molecule has 22 heavy (non-hydrogen) atoms. The van der Waals surface area contributed by atoms with E-state index in [9.17, 15) is 9.59 Å². The van der Waals surface area contributed by atoms with Crippen molar-refractivity contribution in [2.24, 2.45) is 5.41 Å². The largest absolute Gasteiger partial charge is 0.456 e. The van der Waals surface area contributed by atoms with Gasteiger partial charge in [0.25, 0.3) is 0 Å². The maximum atomic E-state index is 12.3. The molecule has 5 nitrogen and oxygen atoms in total. The molecule has 2 aliphatic rings. The third kappa shape index (κ3) is 4.08. The summed E-state index contributed by atoms with van der Waals surface area (Å²) in [6.07, 6.45) is 4.22. The Kier molecular flexibility index (Phi) is 5.60. The molecule has 0 N–H and O–H groups in total. The molecule has 1 atom stereocenters. The van der Waals surface area contributed by atoms with Crippen LogP contribution in [0.1, 0.15) is 52.4 Å². The summed E-state index contributed by atoms with van der Waals surface area (Å²) in [4.78, 5) is 23.3. The molecule has 0 amide bonds. The summed E-state index contributed by atoms with van der Waals surface area (Å²) in [5.41, 5.74) is -0.362. The Morgan fingerprint density at radius 3 is 2.73 bits per heavy atom. The number of rotatable bonds is 5. The molecule has 1 unspecified atom stereocenters. The third-order valence-electron chi connectivity index (χ3n) is 4.32. The smallest absolute Gasteiger partial charge is 0.384 e. The Labute approximate surface area is 131 Å². The maximum Gasteiger partial charge on any atom is 0.384 e. The fourth-order valence-corrected chi connectivity index (χ4v) is 3.17. The Hall–Kier alpha value is -1.38. The predicted octanol–water partition coefficient (Wildman–Crippen LogP) is 2.23. The minimum Gasteiger partial charge on any atom is -0.456 e. The van der Waals surface area contributed by atoms with Crippen molar-refractivity contribution in [1.29, 1.82) is 0 Å². The van der Waals surface area contributed by atoms with Gasteiger partial charge in [0.1, 0.15) is 5.78 Å². The van der Waals surface area contributed by atoms with E-state index < -0.39 is 11.8 Å². The molecular formula is C17H24O5.